The van der Waals surface area contributed by atoms with Crippen LogP contribution in [0.3, 0.4) is 0 Å². The molecule has 0 bridgehead atoms. The van der Waals surface area contributed by atoms with Gasteiger partial charge in [-0.25, -0.2) is 4.79 Å². The highest BCUT2D eigenvalue weighted by Gasteiger charge is 2.31. The van der Waals surface area contributed by atoms with Crippen molar-refractivity contribution in [2.75, 3.05) is 6.54 Å². The van der Waals surface area contributed by atoms with Gasteiger partial charge in [0.1, 0.15) is 0 Å². The number of nitrogens with two attached hydrogens (primary N) is 1. The molecule has 4 heteroatoms. The topological polar surface area (TPSA) is 60.1 Å². The minimum absolute atomic E-state index is 0.0703. The molecule has 1 aromatic carbocycles. The Morgan fingerprint density at radius 1 is 1.37 bits per heavy atom. The molecule has 0 spiro atoms. The monoisotopic (exact) mass is 255 g/mol. The summed E-state index contributed by atoms with van der Waals surface area (Å²) in [5.41, 5.74) is 8.41. The first kappa shape index (κ1) is 11.8. The Balaban J connectivity index is 2.49. The zero-order valence-corrected chi connectivity index (χ0v) is 11.1. The van der Waals surface area contributed by atoms with E-state index in [9.17, 15) is 4.79 Å². The lowest BCUT2D eigenvalue weighted by Crippen LogP contribution is -2.29. The van der Waals surface area contributed by atoms with Crippen LogP contribution in [0.5, 0.6) is 0 Å². The molecule has 1 aliphatic heterocycles. The molecule has 2 aromatic rings. The van der Waals surface area contributed by atoms with Gasteiger partial charge >= 0.3 is 6.03 Å². The fourth-order valence-electron chi connectivity index (χ4n) is 2.91. The van der Waals surface area contributed by atoms with Crippen LogP contribution in [-0.2, 0) is 5.41 Å². The molecule has 19 heavy (non-hydrogen) atoms. The number of aromatic nitrogens is 1. The van der Waals surface area contributed by atoms with Crippen LogP contribution in [0, 0.1) is 0 Å². The lowest BCUT2D eigenvalue weighted by molar-refractivity contribution is 0.251. The number of hydrogen-bond acceptors (Lipinski definition) is 2. The molecule has 1 aromatic heterocycles. The first-order chi connectivity index (χ1) is 9.02. The normalized spacial score (nSPS) is 16.7. The summed E-state index contributed by atoms with van der Waals surface area (Å²) in [6.07, 6.45) is 3.81. The Hall–Kier alpha value is -2.23. The highest BCUT2D eigenvalue weighted by molar-refractivity contribution is 5.98. The minimum atomic E-state index is -0.445. The van der Waals surface area contributed by atoms with Gasteiger partial charge in [0.15, 0.2) is 0 Å². The van der Waals surface area contributed by atoms with E-state index in [4.69, 9.17) is 5.73 Å². The number of nitrogens with zero attached hydrogens (tertiary/aromatic N) is 1. The van der Waals surface area contributed by atoms with Gasteiger partial charge < -0.3 is 11.1 Å². The summed E-state index contributed by atoms with van der Waals surface area (Å²) in [6.45, 7) is 5.16. The summed E-state index contributed by atoms with van der Waals surface area (Å²) in [7, 11) is 0. The van der Waals surface area contributed by atoms with Gasteiger partial charge in [0, 0.05) is 17.3 Å². The maximum atomic E-state index is 11.8. The van der Waals surface area contributed by atoms with E-state index >= 15 is 0 Å². The maximum Gasteiger partial charge on any atom is 0.323 e. The smallest absolute Gasteiger partial charge is 0.323 e. The third kappa shape index (κ3) is 1.63. The predicted molar refractivity (Wildman–Crippen MR) is 77.0 cm³/mol. The zero-order valence-electron chi connectivity index (χ0n) is 11.1. The van der Waals surface area contributed by atoms with Gasteiger partial charge in [-0.3, -0.25) is 4.57 Å². The van der Waals surface area contributed by atoms with E-state index < -0.39 is 6.03 Å². The second kappa shape index (κ2) is 3.88. The lowest BCUT2D eigenvalue weighted by Gasteiger charge is -2.24. The third-order valence-corrected chi connectivity index (χ3v) is 3.71. The van der Waals surface area contributed by atoms with Crippen molar-refractivity contribution in [3.63, 3.8) is 0 Å². The standard InChI is InChI=1S/C15H17N3O/c1-15(2)9-17-8-7-12-13(15)10-5-3-4-6-11(10)18(12)14(16)19/h3-8,17H,9H2,1-2H3,(H2,16,19). The summed E-state index contributed by atoms with van der Waals surface area (Å²) >= 11 is 0. The van der Waals surface area contributed by atoms with Crippen molar-refractivity contribution < 1.29 is 4.79 Å². The molecule has 2 heterocycles. The van der Waals surface area contributed by atoms with Crippen molar-refractivity contribution in [2.24, 2.45) is 5.73 Å². The quantitative estimate of drug-likeness (QED) is 0.759. The van der Waals surface area contributed by atoms with Gasteiger partial charge in [0.25, 0.3) is 0 Å². The molecular weight excluding hydrogens is 238 g/mol. The number of hydrogen-bond donors (Lipinski definition) is 2. The van der Waals surface area contributed by atoms with Gasteiger partial charge in [-0.15, -0.1) is 0 Å². The van der Waals surface area contributed by atoms with Crippen LogP contribution in [-0.4, -0.2) is 17.1 Å². The summed E-state index contributed by atoms with van der Waals surface area (Å²) in [4.78, 5) is 11.8. The van der Waals surface area contributed by atoms with Gasteiger partial charge in [-0.05, 0) is 23.9 Å². The number of carbonyl (C=O) groups excluding carboxylic acids is 1. The van der Waals surface area contributed by atoms with Crippen molar-refractivity contribution in [1.82, 2.24) is 9.88 Å². The Bertz CT molecular complexity index is 695. The van der Waals surface area contributed by atoms with Gasteiger partial charge in [0.05, 0.1) is 11.2 Å². The summed E-state index contributed by atoms with van der Waals surface area (Å²) in [5.74, 6) is 0. The number of nitrogens with one attached hydrogen (secondary N) is 1. The van der Waals surface area contributed by atoms with Crippen LogP contribution in [0.2, 0.25) is 0 Å². The largest absolute Gasteiger partial charge is 0.390 e. The summed E-state index contributed by atoms with van der Waals surface area (Å²) in [5, 5.41) is 4.35. The Morgan fingerprint density at radius 2 is 2.11 bits per heavy atom. The molecule has 0 aliphatic carbocycles. The van der Waals surface area contributed by atoms with Crippen molar-refractivity contribution in [2.45, 2.75) is 19.3 Å². The number of fused-ring (bicyclic) bond motifs is 3. The Morgan fingerprint density at radius 3 is 2.84 bits per heavy atom. The van der Waals surface area contributed by atoms with E-state index in [2.05, 4.69) is 25.2 Å². The van der Waals surface area contributed by atoms with Crippen LogP contribution in [0.1, 0.15) is 25.1 Å². The molecule has 1 aliphatic rings. The number of para-hydroxylation sites is 1. The van der Waals surface area contributed by atoms with Crippen molar-refractivity contribution in [3.8, 4) is 0 Å². The molecule has 0 saturated heterocycles. The molecule has 1 amide bonds. The zero-order chi connectivity index (χ0) is 13.6. The SMILES string of the molecule is CC1(C)CNC=Cc2c1c1ccccc1n2C(N)=O. The second-order valence-corrected chi connectivity index (χ2v) is 5.55. The van der Waals surface area contributed by atoms with Gasteiger partial charge in [-0.1, -0.05) is 32.0 Å². The van der Waals surface area contributed by atoms with E-state index in [1.807, 2.05) is 30.5 Å². The van der Waals surface area contributed by atoms with Gasteiger partial charge in [-0.2, -0.15) is 0 Å². The Kier molecular flexibility index (Phi) is 2.42. The highest BCUT2D eigenvalue weighted by Crippen LogP contribution is 2.37. The number of amides is 1. The molecule has 98 valence electrons. The molecular formula is C15H17N3O. The Labute approximate surface area is 111 Å². The summed E-state index contributed by atoms with van der Waals surface area (Å²) < 4.78 is 1.59. The second-order valence-electron chi connectivity index (χ2n) is 5.55. The van der Waals surface area contributed by atoms with Crippen molar-refractivity contribution in [3.05, 3.63) is 41.7 Å². The number of primary amides is 1. The van der Waals surface area contributed by atoms with Crippen LogP contribution in [0.4, 0.5) is 4.79 Å². The highest BCUT2D eigenvalue weighted by atomic mass is 16.2. The molecule has 3 N–H and O–H groups in total. The van der Waals surface area contributed by atoms with E-state index in [0.29, 0.717) is 0 Å². The van der Waals surface area contributed by atoms with E-state index in [1.54, 1.807) is 4.57 Å². The fourth-order valence-corrected chi connectivity index (χ4v) is 2.91. The van der Waals surface area contributed by atoms with Gasteiger partial charge in [0.2, 0.25) is 0 Å². The average molecular weight is 255 g/mol. The average Bonchev–Trinajstić information content (AvgIpc) is 2.61. The maximum absolute atomic E-state index is 11.8. The molecule has 0 fully saturated rings. The number of rotatable bonds is 0. The first-order valence-electron chi connectivity index (χ1n) is 6.36. The summed E-state index contributed by atoms with van der Waals surface area (Å²) in [6, 6.07) is 7.46. The number of benzene rings is 1. The number of carbonyl (C=O) groups is 1. The third-order valence-electron chi connectivity index (χ3n) is 3.71. The lowest BCUT2D eigenvalue weighted by atomic mass is 9.83. The van der Waals surface area contributed by atoms with Crippen LogP contribution >= 0.6 is 0 Å². The van der Waals surface area contributed by atoms with E-state index in [1.165, 1.54) is 5.56 Å². The molecule has 3 rings (SSSR count). The van der Waals surface area contributed by atoms with E-state index in [-0.39, 0.29) is 5.41 Å². The molecule has 0 unspecified atom stereocenters. The molecule has 4 nitrogen and oxygen atoms in total. The fraction of sp³-hybridized carbons (Fsp3) is 0.267. The van der Waals surface area contributed by atoms with Crippen LogP contribution in [0.25, 0.3) is 17.0 Å². The minimum Gasteiger partial charge on any atom is -0.390 e. The van der Waals surface area contributed by atoms with Crippen LogP contribution in [0.15, 0.2) is 30.5 Å². The van der Waals surface area contributed by atoms with E-state index in [0.717, 1.165) is 23.1 Å². The first-order valence-corrected chi connectivity index (χ1v) is 6.36. The van der Waals surface area contributed by atoms with Crippen molar-refractivity contribution >= 4 is 23.0 Å². The molecule has 0 saturated carbocycles. The van der Waals surface area contributed by atoms with Crippen molar-refractivity contribution in [1.29, 1.82) is 0 Å². The van der Waals surface area contributed by atoms with Crippen LogP contribution < -0.4 is 11.1 Å². The predicted octanol–water partition coefficient (Wildman–Crippen LogP) is 2.42. The molecule has 0 radical (unpaired) electrons. The molecule has 0 atom stereocenters.